The highest BCUT2D eigenvalue weighted by Gasteiger charge is 2.38. The molecule has 0 saturated carbocycles. The number of carbonyl (C=O) groups is 1. The SMILES string of the molecule is O=C(CCOc1ccccc1Br)N1CCC(O)(c2nn[nH]n2)CC1. The predicted molar refractivity (Wildman–Crippen MR) is 88.1 cm³/mol. The highest BCUT2D eigenvalue weighted by molar-refractivity contribution is 9.10. The summed E-state index contributed by atoms with van der Waals surface area (Å²) in [6.45, 7) is 1.23. The molecule has 2 N–H and O–H groups in total. The lowest BCUT2D eigenvalue weighted by Gasteiger charge is -2.36. The molecule has 1 amide bonds. The first-order valence-electron chi connectivity index (χ1n) is 7.70. The Kier molecular flexibility index (Phi) is 5.10. The van der Waals surface area contributed by atoms with Crippen LogP contribution in [0.4, 0.5) is 0 Å². The maximum absolute atomic E-state index is 12.3. The number of nitrogens with one attached hydrogen (secondary N) is 1. The van der Waals surface area contributed by atoms with Crippen molar-refractivity contribution in [3.05, 3.63) is 34.6 Å². The van der Waals surface area contributed by atoms with Gasteiger partial charge in [-0.3, -0.25) is 4.79 Å². The number of amides is 1. The number of H-pyrrole nitrogens is 1. The van der Waals surface area contributed by atoms with Crippen LogP contribution >= 0.6 is 15.9 Å². The van der Waals surface area contributed by atoms with Gasteiger partial charge in [0.25, 0.3) is 0 Å². The molecule has 0 unspecified atom stereocenters. The first-order chi connectivity index (χ1) is 11.6. The van der Waals surface area contributed by atoms with E-state index in [2.05, 4.69) is 36.6 Å². The van der Waals surface area contributed by atoms with Crippen LogP contribution in [0.2, 0.25) is 0 Å². The number of aliphatic hydroxyl groups is 1. The van der Waals surface area contributed by atoms with E-state index in [0.29, 0.717) is 39.0 Å². The summed E-state index contributed by atoms with van der Waals surface area (Å²) in [4.78, 5) is 14.0. The first kappa shape index (κ1) is 16.8. The lowest BCUT2D eigenvalue weighted by Crippen LogP contribution is -2.46. The lowest BCUT2D eigenvalue weighted by atomic mass is 9.90. The van der Waals surface area contributed by atoms with Gasteiger partial charge in [0.15, 0.2) is 0 Å². The van der Waals surface area contributed by atoms with Crippen molar-refractivity contribution in [2.24, 2.45) is 0 Å². The summed E-state index contributed by atoms with van der Waals surface area (Å²) in [5.74, 6) is 1.01. The summed E-state index contributed by atoms with van der Waals surface area (Å²) in [5, 5.41) is 24.0. The molecule has 128 valence electrons. The summed E-state index contributed by atoms with van der Waals surface area (Å²) >= 11 is 3.40. The van der Waals surface area contributed by atoms with Gasteiger partial charge in [-0.05, 0) is 28.1 Å². The van der Waals surface area contributed by atoms with Crippen molar-refractivity contribution in [2.45, 2.75) is 24.9 Å². The third kappa shape index (κ3) is 3.73. The minimum atomic E-state index is -1.12. The van der Waals surface area contributed by atoms with Gasteiger partial charge in [-0.1, -0.05) is 17.3 Å². The molecule has 24 heavy (non-hydrogen) atoms. The van der Waals surface area contributed by atoms with E-state index in [0.717, 1.165) is 10.2 Å². The molecule has 0 bridgehead atoms. The summed E-state index contributed by atoms with van der Waals surface area (Å²) in [7, 11) is 0. The number of piperidine rings is 1. The Balaban J connectivity index is 1.46. The molecule has 1 aliphatic heterocycles. The van der Waals surface area contributed by atoms with E-state index in [9.17, 15) is 9.90 Å². The Hall–Kier alpha value is -2.00. The Morgan fingerprint density at radius 2 is 2.12 bits per heavy atom. The Labute approximate surface area is 147 Å². The number of carbonyl (C=O) groups excluding carboxylic acids is 1. The third-order valence-corrected chi connectivity index (χ3v) is 4.77. The summed E-state index contributed by atoms with van der Waals surface area (Å²) in [6, 6.07) is 7.52. The van der Waals surface area contributed by atoms with Gasteiger partial charge in [-0.25, -0.2) is 0 Å². The second-order valence-electron chi connectivity index (χ2n) is 5.68. The van der Waals surface area contributed by atoms with Crippen molar-refractivity contribution < 1.29 is 14.6 Å². The molecule has 1 saturated heterocycles. The fraction of sp³-hybridized carbons (Fsp3) is 0.467. The average molecular weight is 396 g/mol. The van der Waals surface area contributed by atoms with Crippen LogP contribution < -0.4 is 4.74 Å². The quantitative estimate of drug-likeness (QED) is 0.788. The second kappa shape index (κ2) is 7.27. The van der Waals surface area contributed by atoms with Crippen LogP contribution in [0.3, 0.4) is 0 Å². The predicted octanol–water partition coefficient (Wildman–Crippen LogP) is 1.24. The van der Waals surface area contributed by atoms with E-state index in [1.807, 2.05) is 24.3 Å². The van der Waals surface area contributed by atoms with E-state index in [-0.39, 0.29) is 11.7 Å². The number of hydrogen-bond acceptors (Lipinski definition) is 6. The molecule has 0 radical (unpaired) electrons. The normalized spacial score (nSPS) is 16.8. The maximum atomic E-state index is 12.3. The van der Waals surface area contributed by atoms with Crippen LogP contribution in [0.1, 0.15) is 25.1 Å². The van der Waals surface area contributed by atoms with E-state index in [1.165, 1.54) is 0 Å². The van der Waals surface area contributed by atoms with Gasteiger partial charge in [0.05, 0.1) is 17.5 Å². The average Bonchev–Trinajstić information content (AvgIpc) is 3.12. The third-order valence-electron chi connectivity index (χ3n) is 4.12. The molecular formula is C15H18BrN5O3. The standard InChI is InChI=1S/C15H18BrN5O3/c16-11-3-1-2-4-12(11)24-10-5-13(22)21-8-6-15(23,7-9-21)14-17-19-20-18-14/h1-4,23H,5-10H2,(H,17,18,19,20). The minimum absolute atomic E-state index is 0.0113. The van der Waals surface area contributed by atoms with E-state index < -0.39 is 5.60 Å². The summed E-state index contributed by atoms with van der Waals surface area (Å²) in [6.07, 6.45) is 1.08. The lowest BCUT2D eigenvalue weighted by molar-refractivity contribution is -0.136. The number of nitrogens with zero attached hydrogens (tertiary/aromatic N) is 4. The van der Waals surface area contributed by atoms with E-state index in [4.69, 9.17) is 4.74 Å². The number of ether oxygens (including phenoxy) is 1. The zero-order valence-electron chi connectivity index (χ0n) is 13.0. The van der Waals surface area contributed by atoms with Gasteiger partial charge in [0.1, 0.15) is 11.4 Å². The van der Waals surface area contributed by atoms with Crippen molar-refractivity contribution in [3.63, 3.8) is 0 Å². The zero-order chi connectivity index (χ0) is 17.0. The van der Waals surface area contributed by atoms with Crippen molar-refractivity contribution in [3.8, 4) is 5.75 Å². The van der Waals surface area contributed by atoms with Crippen LogP contribution in [0.25, 0.3) is 0 Å². The van der Waals surface area contributed by atoms with Gasteiger partial charge in [0.2, 0.25) is 11.7 Å². The molecule has 1 aliphatic rings. The molecule has 8 nitrogen and oxygen atoms in total. The molecule has 0 aliphatic carbocycles. The fourth-order valence-corrected chi connectivity index (χ4v) is 3.08. The highest BCUT2D eigenvalue weighted by Crippen LogP contribution is 2.30. The van der Waals surface area contributed by atoms with Gasteiger partial charge in [-0.15, -0.1) is 10.2 Å². The van der Waals surface area contributed by atoms with Gasteiger partial charge in [-0.2, -0.15) is 5.21 Å². The molecule has 1 aromatic carbocycles. The summed E-state index contributed by atoms with van der Waals surface area (Å²) in [5.41, 5.74) is -1.12. The number of aromatic nitrogens is 4. The van der Waals surface area contributed by atoms with Crippen molar-refractivity contribution in [2.75, 3.05) is 19.7 Å². The Bertz CT molecular complexity index is 686. The van der Waals surface area contributed by atoms with Crippen LogP contribution in [0, 0.1) is 0 Å². The number of halogens is 1. The number of likely N-dealkylation sites (tertiary alicyclic amines) is 1. The zero-order valence-corrected chi connectivity index (χ0v) is 14.6. The molecule has 0 atom stereocenters. The Morgan fingerprint density at radius 1 is 1.38 bits per heavy atom. The van der Waals surface area contributed by atoms with Crippen LogP contribution in [0.15, 0.2) is 28.7 Å². The number of aromatic amines is 1. The monoisotopic (exact) mass is 395 g/mol. The minimum Gasteiger partial charge on any atom is -0.492 e. The van der Waals surface area contributed by atoms with Crippen LogP contribution in [0.5, 0.6) is 5.75 Å². The van der Waals surface area contributed by atoms with Crippen molar-refractivity contribution in [1.82, 2.24) is 25.5 Å². The molecule has 2 heterocycles. The summed E-state index contributed by atoms with van der Waals surface area (Å²) < 4.78 is 6.48. The number of tetrazole rings is 1. The number of para-hydroxylation sites is 1. The first-order valence-corrected chi connectivity index (χ1v) is 8.49. The van der Waals surface area contributed by atoms with Gasteiger partial charge in [0, 0.05) is 25.9 Å². The van der Waals surface area contributed by atoms with E-state index >= 15 is 0 Å². The van der Waals surface area contributed by atoms with Crippen molar-refractivity contribution >= 4 is 21.8 Å². The number of benzene rings is 1. The molecule has 2 aromatic rings. The topological polar surface area (TPSA) is 104 Å². The molecular weight excluding hydrogens is 378 g/mol. The molecule has 1 fully saturated rings. The van der Waals surface area contributed by atoms with Crippen molar-refractivity contribution in [1.29, 1.82) is 0 Å². The number of rotatable bonds is 5. The van der Waals surface area contributed by atoms with Crippen LogP contribution in [-0.2, 0) is 10.4 Å². The maximum Gasteiger partial charge on any atom is 0.226 e. The largest absolute Gasteiger partial charge is 0.492 e. The van der Waals surface area contributed by atoms with E-state index in [1.54, 1.807) is 4.90 Å². The highest BCUT2D eigenvalue weighted by atomic mass is 79.9. The Morgan fingerprint density at radius 3 is 2.79 bits per heavy atom. The fourth-order valence-electron chi connectivity index (χ4n) is 2.68. The number of hydrogen-bond donors (Lipinski definition) is 2. The smallest absolute Gasteiger partial charge is 0.226 e. The molecule has 0 spiro atoms. The second-order valence-corrected chi connectivity index (χ2v) is 6.53. The molecule has 1 aromatic heterocycles. The van der Waals surface area contributed by atoms with Gasteiger partial charge < -0.3 is 14.7 Å². The van der Waals surface area contributed by atoms with Crippen LogP contribution in [-0.4, -0.2) is 56.2 Å². The van der Waals surface area contributed by atoms with Gasteiger partial charge >= 0.3 is 0 Å². The molecule has 3 rings (SSSR count). The molecule has 9 heteroatoms.